The number of rotatable bonds is 2. The Bertz CT molecular complexity index is 711. The predicted molar refractivity (Wildman–Crippen MR) is 94.3 cm³/mol. The van der Waals surface area contributed by atoms with E-state index in [1.165, 1.54) is 0 Å². The molecule has 1 aliphatic rings. The van der Waals surface area contributed by atoms with E-state index in [4.69, 9.17) is 23.2 Å². The SMILES string of the molecule is Cc1cc(C(=O)N2CCNCC2)nn1-c1ccc(Cl)cc1Cl.Cl. The molecule has 1 saturated heterocycles. The van der Waals surface area contributed by atoms with Crippen LogP contribution in [0, 0.1) is 6.92 Å². The summed E-state index contributed by atoms with van der Waals surface area (Å²) in [5, 5.41) is 8.72. The van der Waals surface area contributed by atoms with E-state index in [2.05, 4.69) is 10.4 Å². The summed E-state index contributed by atoms with van der Waals surface area (Å²) in [5.41, 5.74) is 2.00. The number of halogens is 3. The second-order valence-corrected chi connectivity index (χ2v) is 6.06. The lowest BCUT2D eigenvalue weighted by molar-refractivity contribution is 0.0729. The Labute approximate surface area is 151 Å². The molecule has 2 heterocycles. The Hall–Kier alpha value is -1.27. The molecule has 23 heavy (non-hydrogen) atoms. The van der Waals surface area contributed by atoms with Gasteiger partial charge in [-0.25, -0.2) is 4.68 Å². The second-order valence-electron chi connectivity index (χ2n) is 5.22. The maximum absolute atomic E-state index is 12.5. The maximum Gasteiger partial charge on any atom is 0.274 e. The number of carbonyl (C=O) groups excluding carboxylic acids is 1. The molecule has 0 unspecified atom stereocenters. The Morgan fingerprint density at radius 3 is 2.57 bits per heavy atom. The van der Waals surface area contributed by atoms with Crippen LogP contribution >= 0.6 is 35.6 Å². The highest BCUT2D eigenvalue weighted by atomic mass is 35.5. The molecule has 0 spiro atoms. The van der Waals surface area contributed by atoms with Gasteiger partial charge < -0.3 is 10.2 Å². The summed E-state index contributed by atoms with van der Waals surface area (Å²) in [7, 11) is 0. The van der Waals surface area contributed by atoms with Crippen LogP contribution in [0.15, 0.2) is 24.3 Å². The van der Waals surface area contributed by atoms with Gasteiger partial charge in [-0.3, -0.25) is 4.79 Å². The van der Waals surface area contributed by atoms with Gasteiger partial charge in [0, 0.05) is 36.9 Å². The van der Waals surface area contributed by atoms with Crippen LogP contribution in [0.2, 0.25) is 10.0 Å². The number of benzene rings is 1. The maximum atomic E-state index is 12.5. The van der Waals surface area contributed by atoms with Crippen LogP contribution in [0.4, 0.5) is 0 Å². The molecule has 1 N–H and O–H groups in total. The molecule has 0 bridgehead atoms. The van der Waals surface area contributed by atoms with Crippen molar-refractivity contribution in [3.8, 4) is 5.69 Å². The highest BCUT2D eigenvalue weighted by Gasteiger charge is 2.21. The zero-order chi connectivity index (χ0) is 15.7. The number of aromatic nitrogens is 2. The van der Waals surface area contributed by atoms with Crippen molar-refractivity contribution in [1.82, 2.24) is 20.0 Å². The van der Waals surface area contributed by atoms with Crippen molar-refractivity contribution in [3.05, 3.63) is 45.7 Å². The summed E-state index contributed by atoms with van der Waals surface area (Å²) in [5.74, 6) is -0.0477. The van der Waals surface area contributed by atoms with Crippen LogP contribution in [0.3, 0.4) is 0 Å². The van der Waals surface area contributed by atoms with Gasteiger partial charge in [0.05, 0.1) is 10.7 Å². The fourth-order valence-corrected chi connectivity index (χ4v) is 2.99. The molecule has 1 amide bonds. The normalized spacial score (nSPS) is 14.5. The van der Waals surface area contributed by atoms with E-state index >= 15 is 0 Å². The van der Waals surface area contributed by atoms with Gasteiger partial charge in [-0.2, -0.15) is 5.10 Å². The van der Waals surface area contributed by atoms with Gasteiger partial charge >= 0.3 is 0 Å². The fraction of sp³-hybridized carbons (Fsp3) is 0.333. The first-order valence-corrected chi connectivity index (χ1v) is 7.84. The van der Waals surface area contributed by atoms with E-state index in [0.717, 1.165) is 18.8 Å². The fourth-order valence-electron chi connectivity index (χ4n) is 2.51. The van der Waals surface area contributed by atoms with Gasteiger partial charge in [-0.1, -0.05) is 23.2 Å². The molecule has 0 atom stereocenters. The molecule has 124 valence electrons. The average Bonchev–Trinajstić information content (AvgIpc) is 2.89. The van der Waals surface area contributed by atoms with E-state index in [0.29, 0.717) is 34.5 Å². The molecular weight excluding hydrogens is 359 g/mol. The molecule has 1 fully saturated rings. The van der Waals surface area contributed by atoms with E-state index in [-0.39, 0.29) is 18.3 Å². The number of hydrogen-bond donors (Lipinski definition) is 1. The summed E-state index contributed by atoms with van der Waals surface area (Å²) in [4.78, 5) is 14.3. The molecule has 1 aromatic heterocycles. The largest absolute Gasteiger partial charge is 0.335 e. The minimum absolute atomic E-state index is 0. The zero-order valence-corrected chi connectivity index (χ0v) is 14.9. The molecule has 1 aromatic carbocycles. The van der Waals surface area contributed by atoms with Crippen LogP contribution < -0.4 is 5.32 Å². The highest BCUT2D eigenvalue weighted by molar-refractivity contribution is 6.35. The smallest absolute Gasteiger partial charge is 0.274 e. The Balaban J connectivity index is 0.00000192. The van der Waals surface area contributed by atoms with Gasteiger partial charge in [-0.05, 0) is 31.2 Å². The summed E-state index contributed by atoms with van der Waals surface area (Å²) >= 11 is 12.1. The van der Waals surface area contributed by atoms with Crippen molar-refractivity contribution in [2.75, 3.05) is 26.2 Å². The summed E-state index contributed by atoms with van der Waals surface area (Å²) in [6, 6.07) is 7.00. The lowest BCUT2D eigenvalue weighted by Crippen LogP contribution is -2.46. The topological polar surface area (TPSA) is 50.2 Å². The molecule has 8 heteroatoms. The Morgan fingerprint density at radius 1 is 1.22 bits per heavy atom. The lowest BCUT2D eigenvalue weighted by atomic mass is 10.3. The number of amides is 1. The minimum Gasteiger partial charge on any atom is -0.335 e. The van der Waals surface area contributed by atoms with Gasteiger partial charge in [0.25, 0.3) is 5.91 Å². The Morgan fingerprint density at radius 2 is 1.91 bits per heavy atom. The summed E-state index contributed by atoms with van der Waals surface area (Å²) in [6.07, 6.45) is 0. The van der Waals surface area contributed by atoms with Crippen LogP contribution in [0.25, 0.3) is 5.69 Å². The molecule has 0 radical (unpaired) electrons. The van der Waals surface area contributed by atoms with Crippen LogP contribution in [0.1, 0.15) is 16.2 Å². The standard InChI is InChI=1S/C15H16Cl2N4O.ClH/c1-10-8-13(15(22)20-6-4-18-5-7-20)19-21(10)14-3-2-11(16)9-12(14)17;/h2-3,8-9,18H,4-7H2,1H3;1H. The minimum atomic E-state index is -0.0477. The van der Waals surface area contributed by atoms with Crippen molar-refractivity contribution in [2.45, 2.75) is 6.92 Å². The van der Waals surface area contributed by atoms with Crippen LogP contribution in [-0.4, -0.2) is 46.8 Å². The molecule has 3 rings (SSSR count). The number of hydrogen-bond acceptors (Lipinski definition) is 3. The number of nitrogens with zero attached hydrogens (tertiary/aromatic N) is 3. The molecule has 2 aromatic rings. The zero-order valence-electron chi connectivity index (χ0n) is 12.6. The highest BCUT2D eigenvalue weighted by Crippen LogP contribution is 2.25. The first-order valence-electron chi connectivity index (χ1n) is 7.08. The van der Waals surface area contributed by atoms with Crippen molar-refractivity contribution in [1.29, 1.82) is 0 Å². The molecule has 0 saturated carbocycles. The second kappa shape index (κ2) is 7.53. The van der Waals surface area contributed by atoms with Gasteiger partial charge in [-0.15, -0.1) is 12.4 Å². The first-order chi connectivity index (χ1) is 10.6. The van der Waals surface area contributed by atoms with Gasteiger partial charge in [0.2, 0.25) is 0 Å². The van der Waals surface area contributed by atoms with Crippen molar-refractivity contribution in [3.63, 3.8) is 0 Å². The van der Waals surface area contributed by atoms with E-state index in [1.807, 2.05) is 11.8 Å². The summed E-state index contributed by atoms with van der Waals surface area (Å²) in [6.45, 7) is 4.92. The first kappa shape index (κ1) is 18.1. The monoisotopic (exact) mass is 374 g/mol. The quantitative estimate of drug-likeness (QED) is 0.878. The van der Waals surface area contributed by atoms with Crippen molar-refractivity contribution < 1.29 is 4.79 Å². The number of piperazine rings is 1. The third-order valence-corrected chi connectivity index (χ3v) is 4.19. The van der Waals surface area contributed by atoms with E-state index < -0.39 is 0 Å². The lowest BCUT2D eigenvalue weighted by Gasteiger charge is -2.26. The van der Waals surface area contributed by atoms with Crippen molar-refractivity contribution >= 4 is 41.5 Å². The Kier molecular flexibility index (Phi) is 5.92. The van der Waals surface area contributed by atoms with Crippen LogP contribution in [0.5, 0.6) is 0 Å². The predicted octanol–water partition coefficient (Wildman–Crippen LogP) is 2.95. The summed E-state index contributed by atoms with van der Waals surface area (Å²) < 4.78 is 1.67. The molecule has 1 aliphatic heterocycles. The van der Waals surface area contributed by atoms with Gasteiger partial charge in [0.1, 0.15) is 0 Å². The third kappa shape index (κ3) is 3.80. The van der Waals surface area contributed by atoms with Gasteiger partial charge in [0.15, 0.2) is 5.69 Å². The number of aryl methyl sites for hydroxylation is 1. The number of nitrogens with one attached hydrogen (secondary N) is 1. The third-order valence-electron chi connectivity index (χ3n) is 3.65. The van der Waals surface area contributed by atoms with Crippen molar-refractivity contribution in [2.24, 2.45) is 0 Å². The van der Waals surface area contributed by atoms with Crippen LogP contribution in [-0.2, 0) is 0 Å². The molecule has 5 nitrogen and oxygen atoms in total. The molecular formula is C15H17Cl3N4O. The molecule has 0 aliphatic carbocycles. The van der Waals surface area contributed by atoms with E-state index in [1.54, 1.807) is 28.9 Å². The number of carbonyl (C=O) groups is 1. The average molecular weight is 376 g/mol. The van der Waals surface area contributed by atoms with E-state index in [9.17, 15) is 4.79 Å².